The van der Waals surface area contributed by atoms with Crippen molar-refractivity contribution in [1.82, 2.24) is 4.98 Å². The number of nitrogens with one attached hydrogen (secondary N) is 1. The van der Waals surface area contributed by atoms with E-state index >= 15 is 0 Å². The minimum atomic E-state index is 0. The van der Waals surface area contributed by atoms with Gasteiger partial charge in [0.25, 0.3) is 0 Å². The summed E-state index contributed by atoms with van der Waals surface area (Å²) in [6.07, 6.45) is 1.50. The van der Waals surface area contributed by atoms with E-state index in [4.69, 9.17) is 11.1 Å². The lowest BCUT2D eigenvalue weighted by molar-refractivity contribution is 1.23. The zero-order valence-electron chi connectivity index (χ0n) is 5.61. The minimum absolute atomic E-state index is 0. The standard InChI is InChI=1S/C6H6N4.ClH/c7-3-5-1-2-6(10-8)4-9-5;/h1-2,4,10H,8H2;1H. The van der Waals surface area contributed by atoms with Gasteiger partial charge in [0.05, 0.1) is 11.9 Å². The van der Waals surface area contributed by atoms with Crippen LogP contribution in [0.3, 0.4) is 0 Å². The molecule has 0 spiro atoms. The molecule has 0 amide bonds. The first kappa shape index (κ1) is 9.69. The predicted molar refractivity (Wildman–Crippen MR) is 44.0 cm³/mol. The number of hydrogen-bond acceptors (Lipinski definition) is 4. The van der Waals surface area contributed by atoms with Crippen molar-refractivity contribution < 1.29 is 0 Å². The van der Waals surface area contributed by atoms with Gasteiger partial charge in [-0.1, -0.05) is 0 Å². The first-order chi connectivity index (χ1) is 4.86. The van der Waals surface area contributed by atoms with E-state index in [0.717, 1.165) is 0 Å². The Bertz CT molecular complexity index is 250. The van der Waals surface area contributed by atoms with Crippen molar-refractivity contribution in [3.8, 4) is 6.07 Å². The first-order valence-electron chi connectivity index (χ1n) is 2.69. The summed E-state index contributed by atoms with van der Waals surface area (Å²) in [5.74, 6) is 5.07. The number of hydrazine groups is 1. The average molecular weight is 171 g/mol. The Labute approximate surface area is 70.4 Å². The summed E-state index contributed by atoms with van der Waals surface area (Å²) in [7, 11) is 0. The highest BCUT2D eigenvalue weighted by atomic mass is 35.5. The van der Waals surface area contributed by atoms with Crippen LogP contribution in [-0.2, 0) is 0 Å². The largest absolute Gasteiger partial charge is 0.323 e. The van der Waals surface area contributed by atoms with Gasteiger partial charge in [0, 0.05) is 0 Å². The van der Waals surface area contributed by atoms with Crippen LogP contribution >= 0.6 is 12.4 Å². The molecule has 4 nitrogen and oxygen atoms in total. The topological polar surface area (TPSA) is 74.7 Å². The van der Waals surface area contributed by atoms with Crippen LogP contribution in [0.1, 0.15) is 5.69 Å². The number of rotatable bonds is 1. The van der Waals surface area contributed by atoms with Crippen LogP contribution in [0, 0.1) is 11.3 Å². The summed E-state index contributed by atoms with van der Waals surface area (Å²) in [5, 5.41) is 8.34. The maximum atomic E-state index is 8.34. The summed E-state index contributed by atoms with van der Waals surface area (Å²) in [5.41, 5.74) is 3.49. The molecular formula is C6H7ClN4. The lowest BCUT2D eigenvalue weighted by atomic mass is 10.3. The second kappa shape index (κ2) is 4.50. The molecule has 0 aliphatic rings. The number of anilines is 1. The lowest BCUT2D eigenvalue weighted by Gasteiger charge is -1.95. The van der Waals surface area contributed by atoms with Crippen molar-refractivity contribution in [3.63, 3.8) is 0 Å². The van der Waals surface area contributed by atoms with E-state index in [-0.39, 0.29) is 12.4 Å². The van der Waals surface area contributed by atoms with E-state index in [1.807, 2.05) is 6.07 Å². The molecule has 0 atom stereocenters. The zero-order valence-corrected chi connectivity index (χ0v) is 6.43. The fraction of sp³-hybridized carbons (Fsp3) is 0. The molecule has 0 fully saturated rings. The van der Waals surface area contributed by atoms with Gasteiger partial charge in [-0.15, -0.1) is 12.4 Å². The summed E-state index contributed by atoms with van der Waals surface area (Å²) >= 11 is 0. The average Bonchev–Trinajstić information content (AvgIpc) is 2.05. The number of nitrogens with two attached hydrogens (primary N) is 1. The van der Waals surface area contributed by atoms with Gasteiger partial charge < -0.3 is 5.43 Å². The second-order valence-electron chi connectivity index (χ2n) is 1.69. The highest BCUT2D eigenvalue weighted by molar-refractivity contribution is 5.85. The van der Waals surface area contributed by atoms with Gasteiger partial charge >= 0.3 is 0 Å². The van der Waals surface area contributed by atoms with Crippen molar-refractivity contribution >= 4 is 18.1 Å². The van der Waals surface area contributed by atoms with Crippen LogP contribution in [0.25, 0.3) is 0 Å². The Kier molecular flexibility index (Phi) is 3.96. The van der Waals surface area contributed by atoms with Crippen LogP contribution in [0.4, 0.5) is 5.69 Å². The molecule has 0 saturated carbocycles. The van der Waals surface area contributed by atoms with E-state index in [2.05, 4.69) is 10.4 Å². The molecule has 1 aromatic rings. The fourth-order valence-electron chi connectivity index (χ4n) is 0.545. The van der Waals surface area contributed by atoms with Gasteiger partial charge in [0.15, 0.2) is 0 Å². The molecule has 1 heterocycles. The molecule has 5 heteroatoms. The quantitative estimate of drug-likeness (QED) is 0.480. The van der Waals surface area contributed by atoms with Gasteiger partial charge in [-0.2, -0.15) is 5.26 Å². The number of nitrogen functional groups attached to an aromatic ring is 1. The summed E-state index contributed by atoms with van der Waals surface area (Å²) < 4.78 is 0. The van der Waals surface area contributed by atoms with E-state index < -0.39 is 0 Å². The van der Waals surface area contributed by atoms with Crippen molar-refractivity contribution in [2.24, 2.45) is 5.84 Å². The summed E-state index contributed by atoms with van der Waals surface area (Å²) in [6, 6.07) is 5.18. The molecule has 3 N–H and O–H groups in total. The van der Waals surface area contributed by atoms with E-state index in [9.17, 15) is 0 Å². The number of halogens is 1. The van der Waals surface area contributed by atoms with Gasteiger partial charge in [-0.25, -0.2) is 4.98 Å². The molecule has 0 aliphatic carbocycles. The molecule has 1 aromatic heterocycles. The molecule has 1 rings (SSSR count). The van der Waals surface area contributed by atoms with Crippen molar-refractivity contribution in [3.05, 3.63) is 24.0 Å². The van der Waals surface area contributed by atoms with Gasteiger partial charge in [-0.05, 0) is 12.1 Å². The van der Waals surface area contributed by atoms with E-state index in [1.165, 1.54) is 6.20 Å². The number of hydrogen-bond donors (Lipinski definition) is 2. The Morgan fingerprint density at radius 2 is 2.27 bits per heavy atom. The Morgan fingerprint density at radius 3 is 2.64 bits per heavy atom. The van der Waals surface area contributed by atoms with Crippen LogP contribution in [-0.4, -0.2) is 4.98 Å². The maximum Gasteiger partial charge on any atom is 0.140 e. The third kappa shape index (κ3) is 2.42. The second-order valence-corrected chi connectivity index (χ2v) is 1.69. The van der Waals surface area contributed by atoms with E-state index in [1.54, 1.807) is 12.1 Å². The fourth-order valence-corrected chi connectivity index (χ4v) is 0.545. The van der Waals surface area contributed by atoms with Crippen molar-refractivity contribution in [1.29, 1.82) is 5.26 Å². The minimum Gasteiger partial charge on any atom is -0.323 e. The molecule has 58 valence electrons. The number of aromatic nitrogens is 1. The SMILES string of the molecule is Cl.N#Cc1ccc(NN)cn1. The highest BCUT2D eigenvalue weighted by Crippen LogP contribution is 2.01. The Hall–Kier alpha value is -1.31. The normalized spacial score (nSPS) is 7.64. The lowest BCUT2D eigenvalue weighted by Crippen LogP contribution is -2.06. The van der Waals surface area contributed by atoms with Crippen LogP contribution in [0.15, 0.2) is 18.3 Å². The Morgan fingerprint density at radius 1 is 1.55 bits per heavy atom. The molecule has 0 radical (unpaired) electrons. The molecule has 0 saturated heterocycles. The predicted octanol–water partition coefficient (Wildman–Crippen LogP) is 0.661. The number of nitriles is 1. The molecule has 11 heavy (non-hydrogen) atoms. The molecule has 0 aliphatic heterocycles. The third-order valence-corrected chi connectivity index (χ3v) is 1.04. The number of pyridine rings is 1. The molecule has 0 aromatic carbocycles. The monoisotopic (exact) mass is 170 g/mol. The van der Waals surface area contributed by atoms with Gasteiger partial charge in [0.1, 0.15) is 11.8 Å². The van der Waals surface area contributed by atoms with Crippen molar-refractivity contribution in [2.75, 3.05) is 5.43 Å². The maximum absolute atomic E-state index is 8.34. The van der Waals surface area contributed by atoms with Crippen LogP contribution < -0.4 is 11.3 Å². The van der Waals surface area contributed by atoms with Crippen molar-refractivity contribution in [2.45, 2.75) is 0 Å². The first-order valence-corrected chi connectivity index (χ1v) is 2.69. The summed E-state index contributed by atoms with van der Waals surface area (Å²) in [6.45, 7) is 0. The van der Waals surface area contributed by atoms with Crippen LogP contribution in [0.2, 0.25) is 0 Å². The van der Waals surface area contributed by atoms with E-state index in [0.29, 0.717) is 11.4 Å². The van der Waals surface area contributed by atoms with Crippen LogP contribution in [0.5, 0.6) is 0 Å². The van der Waals surface area contributed by atoms with Gasteiger partial charge in [-0.3, -0.25) is 5.84 Å². The molecule has 0 unspecified atom stereocenters. The van der Waals surface area contributed by atoms with Gasteiger partial charge in [0.2, 0.25) is 0 Å². The zero-order chi connectivity index (χ0) is 7.40. The Balaban J connectivity index is 0.000001000. The summed E-state index contributed by atoms with van der Waals surface area (Å²) in [4.78, 5) is 3.76. The molecule has 0 bridgehead atoms. The highest BCUT2D eigenvalue weighted by Gasteiger charge is 1.89. The third-order valence-electron chi connectivity index (χ3n) is 1.04. The number of nitrogens with zero attached hydrogens (tertiary/aromatic N) is 2. The molecular weight excluding hydrogens is 164 g/mol. The smallest absolute Gasteiger partial charge is 0.140 e.